The maximum absolute atomic E-state index is 12.9. The van der Waals surface area contributed by atoms with E-state index in [1.807, 2.05) is 30.3 Å². The summed E-state index contributed by atoms with van der Waals surface area (Å²) in [5, 5.41) is 0. The van der Waals surface area contributed by atoms with Gasteiger partial charge in [0.1, 0.15) is 11.2 Å². The molecule has 6 nitrogen and oxygen atoms in total. The Hall–Kier alpha value is -3.02. The van der Waals surface area contributed by atoms with Crippen LogP contribution in [-0.4, -0.2) is 23.4 Å². The van der Waals surface area contributed by atoms with Crippen molar-refractivity contribution in [2.75, 3.05) is 10.6 Å². The lowest BCUT2D eigenvalue weighted by Crippen LogP contribution is -2.44. The molecule has 0 aliphatic heterocycles. The summed E-state index contributed by atoms with van der Waals surface area (Å²) in [7, 11) is 0. The molecule has 0 saturated heterocycles. The predicted molar refractivity (Wildman–Crippen MR) is 111 cm³/mol. The lowest BCUT2D eigenvalue weighted by Gasteiger charge is -2.29. The molecule has 2 aromatic rings. The first kappa shape index (κ1) is 21.3. The Kier molecular flexibility index (Phi) is 6.02. The highest BCUT2D eigenvalue weighted by Crippen LogP contribution is 2.34. The first-order valence-electron chi connectivity index (χ1n) is 9.08. The summed E-state index contributed by atoms with van der Waals surface area (Å²) < 4.78 is 10.9. The second-order valence-corrected chi connectivity index (χ2v) is 8.44. The van der Waals surface area contributed by atoms with Crippen molar-refractivity contribution in [3.05, 3.63) is 48.5 Å². The van der Waals surface area contributed by atoms with Crippen LogP contribution in [-0.2, 0) is 9.47 Å². The van der Waals surface area contributed by atoms with Gasteiger partial charge in [0.15, 0.2) is 0 Å². The second kappa shape index (κ2) is 7.92. The number of nitrogens with two attached hydrogens (primary N) is 1. The van der Waals surface area contributed by atoms with Crippen molar-refractivity contribution in [2.24, 2.45) is 0 Å². The number of benzene rings is 2. The fourth-order valence-electron chi connectivity index (χ4n) is 2.48. The molecule has 0 bridgehead atoms. The molecule has 0 saturated carbocycles. The summed E-state index contributed by atoms with van der Waals surface area (Å²) in [6.07, 6.45) is -1.66. The zero-order chi connectivity index (χ0) is 21.1. The predicted octanol–water partition coefficient (Wildman–Crippen LogP) is 5.61. The summed E-state index contributed by atoms with van der Waals surface area (Å²) in [4.78, 5) is 26.8. The van der Waals surface area contributed by atoms with E-state index in [2.05, 4.69) is 0 Å². The molecule has 0 aliphatic rings. The van der Waals surface area contributed by atoms with Crippen LogP contribution in [0, 0.1) is 0 Å². The largest absolute Gasteiger partial charge is 0.443 e. The van der Waals surface area contributed by atoms with E-state index < -0.39 is 23.4 Å². The third-order valence-electron chi connectivity index (χ3n) is 3.50. The van der Waals surface area contributed by atoms with Crippen molar-refractivity contribution >= 4 is 23.6 Å². The normalized spacial score (nSPS) is 11.6. The van der Waals surface area contributed by atoms with Crippen LogP contribution >= 0.6 is 0 Å². The van der Waals surface area contributed by atoms with E-state index in [1.165, 1.54) is 0 Å². The van der Waals surface area contributed by atoms with Crippen LogP contribution < -0.4 is 10.6 Å². The Labute approximate surface area is 166 Å². The number of nitrogen functional groups attached to an aromatic ring is 1. The van der Waals surface area contributed by atoms with Gasteiger partial charge in [-0.2, -0.15) is 4.90 Å². The summed E-state index contributed by atoms with van der Waals surface area (Å²) in [6.45, 7) is 10.4. The monoisotopic (exact) mass is 384 g/mol. The van der Waals surface area contributed by atoms with Gasteiger partial charge in [-0.1, -0.05) is 36.4 Å². The Morgan fingerprint density at radius 1 is 0.821 bits per heavy atom. The van der Waals surface area contributed by atoms with E-state index in [1.54, 1.807) is 59.7 Å². The Morgan fingerprint density at radius 2 is 1.32 bits per heavy atom. The van der Waals surface area contributed by atoms with Gasteiger partial charge >= 0.3 is 12.2 Å². The Balaban J connectivity index is 2.61. The van der Waals surface area contributed by atoms with Crippen molar-refractivity contribution in [3.63, 3.8) is 0 Å². The minimum atomic E-state index is -0.829. The third kappa shape index (κ3) is 5.74. The zero-order valence-corrected chi connectivity index (χ0v) is 17.3. The van der Waals surface area contributed by atoms with Gasteiger partial charge in [0, 0.05) is 11.3 Å². The number of hydrogen-bond donors (Lipinski definition) is 1. The lowest BCUT2D eigenvalue weighted by atomic mass is 10.0. The number of carbonyl (C=O) groups excluding carboxylic acids is 2. The van der Waals surface area contributed by atoms with Gasteiger partial charge in [0.25, 0.3) is 0 Å². The minimum absolute atomic E-state index is 0.301. The average molecular weight is 384 g/mol. The number of hydrogen-bond acceptors (Lipinski definition) is 5. The number of nitrogens with zero attached hydrogens (tertiary/aromatic N) is 1. The zero-order valence-electron chi connectivity index (χ0n) is 17.3. The number of amides is 2. The molecule has 2 N–H and O–H groups in total. The van der Waals surface area contributed by atoms with E-state index in [0.717, 1.165) is 10.5 Å². The molecule has 0 fully saturated rings. The van der Waals surface area contributed by atoms with Gasteiger partial charge in [-0.25, -0.2) is 9.59 Å². The van der Waals surface area contributed by atoms with Crippen LogP contribution in [0.1, 0.15) is 41.5 Å². The van der Waals surface area contributed by atoms with Gasteiger partial charge in [0.05, 0.1) is 5.69 Å². The van der Waals surface area contributed by atoms with Crippen LogP contribution in [0.5, 0.6) is 0 Å². The van der Waals surface area contributed by atoms with Gasteiger partial charge < -0.3 is 15.2 Å². The molecule has 28 heavy (non-hydrogen) atoms. The molecule has 150 valence electrons. The molecule has 2 rings (SSSR count). The van der Waals surface area contributed by atoms with E-state index in [-0.39, 0.29) is 0 Å². The molecule has 0 spiro atoms. The Morgan fingerprint density at radius 3 is 1.79 bits per heavy atom. The molecule has 0 aliphatic carbocycles. The Bertz CT molecular complexity index is 821. The van der Waals surface area contributed by atoms with Crippen LogP contribution in [0.3, 0.4) is 0 Å². The lowest BCUT2D eigenvalue weighted by molar-refractivity contribution is 0.0431. The number of rotatable bonds is 2. The van der Waals surface area contributed by atoms with Crippen LogP contribution in [0.25, 0.3) is 11.1 Å². The average Bonchev–Trinajstić information content (AvgIpc) is 2.52. The van der Waals surface area contributed by atoms with E-state index >= 15 is 0 Å². The molecule has 0 unspecified atom stereocenters. The molecular formula is C22H28N2O4. The topological polar surface area (TPSA) is 81.9 Å². The van der Waals surface area contributed by atoms with Gasteiger partial charge in [-0.3, -0.25) is 0 Å². The fourth-order valence-corrected chi connectivity index (χ4v) is 2.48. The van der Waals surface area contributed by atoms with E-state index in [0.29, 0.717) is 16.9 Å². The van der Waals surface area contributed by atoms with Crippen LogP contribution in [0.2, 0.25) is 0 Å². The van der Waals surface area contributed by atoms with Gasteiger partial charge in [0.2, 0.25) is 0 Å². The summed E-state index contributed by atoms with van der Waals surface area (Å²) in [5.74, 6) is 0. The van der Waals surface area contributed by atoms with Gasteiger partial charge in [-0.15, -0.1) is 0 Å². The van der Waals surface area contributed by atoms with Crippen molar-refractivity contribution in [1.29, 1.82) is 0 Å². The van der Waals surface area contributed by atoms with Gasteiger partial charge in [-0.05, 0) is 59.2 Å². The second-order valence-electron chi connectivity index (χ2n) is 8.44. The number of carbonyl (C=O) groups is 2. The van der Waals surface area contributed by atoms with Crippen LogP contribution in [0.15, 0.2) is 48.5 Å². The molecular weight excluding hydrogens is 356 g/mol. The van der Waals surface area contributed by atoms with Crippen molar-refractivity contribution in [1.82, 2.24) is 0 Å². The number of ether oxygens (including phenoxy) is 2. The van der Waals surface area contributed by atoms with E-state index in [4.69, 9.17) is 15.2 Å². The number of imide groups is 1. The van der Waals surface area contributed by atoms with Crippen LogP contribution in [0.4, 0.5) is 21.0 Å². The molecule has 6 heteroatoms. The first-order chi connectivity index (χ1) is 12.9. The summed E-state index contributed by atoms with van der Waals surface area (Å²) in [5.41, 5.74) is 6.59. The molecule has 0 radical (unpaired) electrons. The SMILES string of the molecule is CC(C)(C)OC(=O)N(C(=O)OC(C)(C)C)c1cc(N)ccc1-c1ccccc1. The maximum atomic E-state index is 12.9. The number of anilines is 2. The first-order valence-corrected chi connectivity index (χ1v) is 9.08. The van der Waals surface area contributed by atoms with Crippen molar-refractivity contribution in [2.45, 2.75) is 52.7 Å². The molecule has 0 aromatic heterocycles. The summed E-state index contributed by atoms with van der Waals surface area (Å²) in [6, 6.07) is 14.5. The highest BCUT2D eigenvalue weighted by Gasteiger charge is 2.34. The quantitative estimate of drug-likeness (QED) is 0.680. The molecule has 0 heterocycles. The minimum Gasteiger partial charge on any atom is -0.443 e. The highest BCUT2D eigenvalue weighted by atomic mass is 16.6. The van der Waals surface area contributed by atoms with Crippen molar-refractivity contribution < 1.29 is 19.1 Å². The molecule has 2 aromatic carbocycles. The standard InChI is InChI=1S/C22H28N2O4/c1-21(2,3)27-19(25)24(20(26)28-22(4,5)6)18-14-16(23)12-13-17(18)15-10-8-7-9-11-15/h7-14H,23H2,1-6H3. The molecule has 2 amide bonds. The van der Waals surface area contributed by atoms with E-state index in [9.17, 15) is 9.59 Å². The fraction of sp³-hybridized carbons (Fsp3) is 0.364. The molecule has 0 atom stereocenters. The van der Waals surface area contributed by atoms with Crippen molar-refractivity contribution in [3.8, 4) is 11.1 Å². The third-order valence-corrected chi connectivity index (χ3v) is 3.50. The summed E-state index contributed by atoms with van der Waals surface area (Å²) >= 11 is 0. The highest BCUT2D eigenvalue weighted by molar-refractivity contribution is 6.12. The maximum Gasteiger partial charge on any atom is 0.424 e. The smallest absolute Gasteiger partial charge is 0.424 e.